The summed E-state index contributed by atoms with van der Waals surface area (Å²) >= 11 is 0. The van der Waals surface area contributed by atoms with Crippen molar-refractivity contribution in [1.29, 1.82) is 5.26 Å². The van der Waals surface area contributed by atoms with E-state index in [1.165, 1.54) is 0 Å². The molecule has 64 valence electrons. The molecule has 1 aromatic carbocycles. The first-order valence-corrected chi connectivity index (χ1v) is 4.09. The van der Waals surface area contributed by atoms with Crippen LogP contribution >= 0.6 is 0 Å². The topological polar surface area (TPSA) is 41.6 Å². The molecular weight excluding hydrogens is 162 g/mol. The Bertz CT molecular complexity index is 476. The van der Waals surface area contributed by atoms with Crippen molar-refractivity contribution in [3.8, 4) is 6.07 Å². The number of nitriles is 1. The Balaban J connectivity index is 2.74. The molecule has 0 fully saturated rings. The first-order valence-electron chi connectivity index (χ1n) is 4.09. The molecular formula is C10H9N3. The molecule has 3 heteroatoms. The first-order chi connectivity index (χ1) is 6.33. The summed E-state index contributed by atoms with van der Waals surface area (Å²) in [6.07, 6.45) is 2.21. The van der Waals surface area contributed by atoms with Gasteiger partial charge in [0, 0.05) is 7.05 Å². The fourth-order valence-electron chi connectivity index (χ4n) is 1.52. The van der Waals surface area contributed by atoms with Crippen LogP contribution in [0.3, 0.4) is 0 Å². The SMILES string of the molecule is Cn1cnc2cccc(CC#N)c21. The lowest BCUT2D eigenvalue weighted by Gasteiger charge is -1.99. The summed E-state index contributed by atoms with van der Waals surface area (Å²) in [7, 11) is 1.94. The molecule has 0 spiro atoms. The number of aryl methyl sites for hydroxylation is 1. The van der Waals surface area contributed by atoms with Crippen LogP contribution in [0.1, 0.15) is 5.56 Å². The standard InChI is InChI=1S/C10H9N3/c1-13-7-12-9-4-2-3-8(5-6-11)10(9)13/h2-4,7H,5H2,1H3. The quantitative estimate of drug-likeness (QED) is 0.654. The van der Waals surface area contributed by atoms with E-state index in [0.29, 0.717) is 6.42 Å². The van der Waals surface area contributed by atoms with Gasteiger partial charge in [0.15, 0.2) is 0 Å². The van der Waals surface area contributed by atoms with E-state index in [-0.39, 0.29) is 0 Å². The highest BCUT2D eigenvalue weighted by Crippen LogP contribution is 2.16. The van der Waals surface area contributed by atoms with Crippen LogP contribution in [-0.4, -0.2) is 9.55 Å². The molecule has 0 amide bonds. The molecule has 1 aromatic heterocycles. The van der Waals surface area contributed by atoms with Gasteiger partial charge < -0.3 is 4.57 Å². The predicted octanol–water partition coefficient (Wildman–Crippen LogP) is 1.64. The van der Waals surface area contributed by atoms with E-state index < -0.39 is 0 Å². The summed E-state index contributed by atoms with van der Waals surface area (Å²) in [5, 5.41) is 8.63. The molecule has 2 aromatic rings. The molecule has 0 aliphatic heterocycles. The van der Waals surface area contributed by atoms with Crippen LogP contribution in [0.15, 0.2) is 24.5 Å². The van der Waals surface area contributed by atoms with Gasteiger partial charge >= 0.3 is 0 Å². The number of rotatable bonds is 1. The number of imidazole rings is 1. The summed E-state index contributed by atoms with van der Waals surface area (Å²) in [4.78, 5) is 4.21. The fourth-order valence-corrected chi connectivity index (χ4v) is 1.52. The third kappa shape index (κ3) is 1.17. The third-order valence-electron chi connectivity index (χ3n) is 2.09. The lowest BCUT2D eigenvalue weighted by atomic mass is 10.1. The van der Waals surface area contributed by atoms with E-state index in [4.69, 9.17) is 5.26 Å². The van der Waals surface area contributed by atoms with Crippen LogP contribution in [0.25, 0.3) is 11.0 Å². The van der Waals surface area contributed by atoms with Crippen molar-refractivity contribution < 1.29 is 0 Å². The van der Waals surface area contributed by atoms with Crippen molar-refractivity contribution in [2.45, 2.75) is 6.42 Å². The zero-order valence-corrected chi connectivity index (χ0v) is 7.36. The van der Waals surface area contributed by atoms with Crippen LogP contribution in [0.4, 0.5) is 0 Å². The monoisotopic (exact) mass is 171 g/mol. The van der Waals surface area contributed by atoms with Crippen LogP contribution in [0.5, 0.6) is 0 Å². The Morgan fingerprint density at radius 2 is 2.38 bits per heavy atom. The maximum atomic E-state index is 8.63. The molecule has 0 atom stereocenters. The Labute approximate surface area is 76.2 Å². The Hall–Kier alpha value is -1.82. The van der Waals surface area contributed by atoms with Gasteiger partial charge in [-0.3, -0.25) is 0 Å². The molecule has 0 N–H and O–H groups in total. The maximum absolute atomic E-state index is 8.63. The second-order valence-corrected chi connectivity index (χ2v) is 2.98. The summed E-state index contributed by atoms with van der Waals surface area (Å²) in [6.45, 7) is 0. The third-order valence-corrected chi connectivity index (χ3v) is 2.09. The zero-order valence-electron chi connectivity index (χ0n) is 7.36. The van der Waals surface area contributed by atoms with Gasteiger partial charge in [0.2, 0.25) is 0 Å². The summed E-state index contributed by atoms with van der Waals surface area (Å²) in [5.74, 6) is 0. The van der Waals surface area contributed by atoms with Gasteiger partial charge in [-0.25, -0.2) is 4.98 Å². The Kier molecular flexibility index (Phi) is 1.75. The van der Waals surface area contributed by atoms with Gasteiger partial charge in [-0.1, -0.05) is 12.1 Å². The molecule has 0 saturated heterocycles. The van der Waals surface area contributed by atoms with Crippen molar-refractivity contribution >= 4 is 11.0 Å². The van der Waals surface area contributed by atoms with Gasteiger partial charge in [0.05, 0.1) is 29.9 Å². The first kappa shape index (κ1) is 7.81. The van der Waals surface area contributed by atoms with Gasteiger partial charge in [0.25, 0.3) is 0 Å². The van der Waals surface area contributed by atoms with Crippen LogP contribution < -0.4 is 0 Å². The summed E-state index contributed by atoms with van der Waals surface area (Å²) < 4.78 is 1.95. The molecule has 0 aliphatic rings. The summed E-state index contributed by atoms with van der Waals surface area (Å²) in [5.41, 5.74) is 3.05. The van der Waals surface area contributed by atoms with E-state index in [0.717, 1.165) is 16.6 Å². The van der Waals surface area contributed by atoms with Crippen molar-refractivity contribution in [1.82, 2.24) is 9.55 Å². The Morgan fingerprint density at radius 1 is 1.54 bits per heavy atom. The highest BCUT2D eigenvalue weighted by atomic mass is 15.0. The number of nitrogens with zero attached hydrogens (tertiary/aromatic N) is 3. The van der Waals surface area contributed by atoms with E-state index >= 15 is 0 Å². The number of fused-ring (bicyclic) bond motifs is 1. The molecule has 0 radical (unpaired) electrons. The highest BCUT2D eigenvalue weighted by Gasteiger charge is 2.03. The smallest absolute Gasteiger partial charge is 0.0955 e. The second-order valence-electron chi connectivity index (χ2n) is 2.98. The predicted molar refractivity (Wildman–Crippen MR) is 50.0 cm³/mol. The molecule has 0 unspecified atom stereocenters. The average molecular weight is 171 g/mol. The van der Waals surface area contributed by atoms with Gasteiger partial charge in [-0.15, -0.1) is 0 Å². The zero-order chi connectivity index (χ0) is 9.26. The maximum Gasteiger partial charge on any atom is 0.0955 e. The largest absolute Gasteiger partial charge is 0.333 e. The molecule has 3 nitrogen and oxygen atoms in total. The lowest BCUT2D eigenvalue weighted by molar-refractivity contribution is 0.941. The molecule has 1 heterocycles. The van der Waals surface area contributed by atoms with E-state index in [1.54, 1.807) is 6.33 Å². The molecule has 13 heavy (non-hydrogen) atoms. The second kappa shape index (κ2) is 2.91. The number of aromatic nitrogens is 2. The van der Waals surface area contributed by atoms with Gasteiger partial charge in [-0.2, -0.15) is 5.26 Å². The normalized spacial score (nSPS) is 10.2. The molecule has 0 aliphatic carbocycles. The molecule has 0 bridgehead atoms. The number of hydrogen-bond donors (Lipinski definition) is 0. The summed E-state index contributed by atoms with van der Waals surface area (Å²) in [6, 6.07) is 8.00. The van der Waals surface area contributed by atoms with Crippen molar-refractivity contribution in [2.75, 3.05) is 0 Å². The van der Waals surface area contributed by atoms with Gasteiger partial charge in [-0.05, 0) is 11.6 Å². The minimum Gasteiger partial charge on any atom is -0.333 e. The lowest BCUT2D eigenvalue weighted by Crippen LogP contribution is -1.90. The van der Waals surface area contributed by atoms with Crippen molar-refractivity contribution in [3.63, 3.8) is 0 Å². The van der Waals surface area contributed by atoms with Gasteiger partial charge in [0.1, 0.15) is 0 Å². The highest BCUT2D eigenvalue weighted by molar-refractivity contribution is 5.79. The minimum atomic E-state index is 0.441. The fraction of sp³-hybridized carbons (Fsp3) is 0.200. The number of benzene rings is 1. The van der Waals surface area contributed by atoms with E-state index in [9.17, 15) is 0 Å². The average Bonchev–Trinajstić information content (AvgIpc) is 2.50. The van der Waals surface area contributed by atoms with Crippen molar-refractivity contribution in [3.05, 3.63) is 30.1 Å². The molecule has 2 rings (SSSR count). The van der Waals surface area contributed by atoms with E-state index in [1.807, 2.05) is 29.8 Å². The Morgan fingerprint density at radius 3 is 3.15 bits per heavy atom. The van der Waals surface area contributed by atoms with E-state index in [2.05, 4.69) is 11.1 Å². The minimum absolute atomic E-state index is 0.441. The van der Waals surface area contributed by atoms with Crippen LogP contribution in [0, 0.1) is 11.3 Å². The van der Waals surface area contributed by atoms with Crippen molar-refractivity contribution in [2.24, 2.45) is 7.05 Å². The molecule has 0 saturated carbocycles. The van der Waals surface area contributed by atoms with Crippen LogP contribution in [-0.2, 0) is 13.5 Å². The number of para-hydroxylation sites is 1. The van der Waals surface area contributed by atoms with Crippen LogP contribution in [0.2, 0.25) is 0 Å². The number of hydrogen-bond acceptors (Lipinski definition) is 2.